The van der Waals surface area contributed by atoms with E-state index in [2.05, 4.69) is 30.4 Å². The fourth-order valence-electron chi connectivity index (χ4n) is 2.82. The summed E-state index contributed by atoms with van der Waals surface area (Å²) in [4.78, 5) is 0. The number of rotatable bonds is 4. The molecule has 3 rings (SSSR count). The topological polar surface area (TPSA) is 29.5 Å². The fraction of sp³-hybridized carbons (Fsp3) is 0.294. The van der Waals surface area contributed by atoms with E-state index in [-0.39, 0.29) is 6.61 Å². The number of allylic oxidation sites excluding steroid dienone is 6. The molecule has 0 radical (unpaired) electrons. The summed E-state index contributed by atoms with van der Waals surface area (Å²) < 4.78 is 5.49. The number of ether oxygens (including phenoxy) is 1. The molecule has 0 amide bonds. The van der Waals surface area contributed by atoms with Gasteiger partial charge in [-0.3, -0.25) is 0 Å². The van der Waals surface area contributed by atoms with Gasteiger partial charge >= 0.3 is 0 Å². The third-order valence-electron chi connectivity index (χ3n) is 3.69. The second kappa shape index (κ2) is 5.45. The molecule has 1 aromatic rings. The van der Waals surface area contributed by atoms with Gasteiger partial charge in [-0.15, -0.1) is 0 Å². The van der Waals surface area contributed by atoms with Gasteiger partial charge in [0.15, 0.2) is 0 Å². The average Bonchev–Trinajstić information content (AvgIpc) is 2.89. The van der Waals surface area contributed by atoms with Crippen LogP contribution in [0.4, 0.5) is 0 Å². The summed E-state index contributed by atoms with van der Waals surface area (Å²) in [6.45, 7) is 0.402. The van der Waals surface area contributed by atoms with E-state index >= 15 is 0 Å². The first-order valence-electron chi connectivity index (χ1n) is 6.80. The summed E-state index contributed by atoms with van der Waals surface area (Å²) in [6, 6.07) is 8.20. The number of aliphatic hydroxyl groups is 1. The Labute approximate surface area is 113 Å². The molecule has 0 unspecified atom stereocenters. The Balaban J connectivity index is 1.90. The lowest BCUT2D eigenvalue weighted by molar-refractivity contribution is 0.201. The van der Waals surface area contributed by atoms with E-state index in [1.807, 2.05) is 12.1 Å². The molecular formula is C17H18O2. The molecule has 2 heteroatoms. The van der Waals surface area contributed by atoms with Gasteiger partial charge in [-0.25, -0.2) is 0 Å². The van der Waals surface area contributed by atoms with Gasteiger partial charge in [0, 0.05) is 0 Å². The zero-order chi connectivity index (χ0) is 13.1. The highest BCUT2D eigenvalue weighted by molar-refractivity contribution is 5.77. The van der Waals surface area contributed by atoms with Crippen LogP contribution in [0, 0.1) is 0 Å². The van der Waals surface area contributed by atoms with Crippen LogP contribution in [0.3, 0.4) is 0 Å². The first-order valence-corrected chi connectivity index (χ1v) is 6.80. The minimum atomic E-state index is 0.0514. The second-order valence-electron chi connectivity index (χ2n) is 4.88. The van der Waals surface area contributed by atoms with Gasteiger partial charge in [0.25, 0.3) is 0 Å². The molecule has 0 heterocycles. The predicted molar refractivity (Wildman–Crippen MR) is 77.0 cm³/mol. The molecule has 0 bridgehead atoms. The van der Waals surface area contributed by atoms with Crippen molar-refractivity contribution in [2.75, 3.05) is 13.2 Å². The summed E-state index contributed by atoms with van der Waals surface area (Å²) in [5.74, 6) is 0.837. The number of fused-ring (bicyclic) bond motifs is 1. The molecule has 2 aliphatic rings. The van der Waals surface area contributed by atoms with E-state index in [9.17, 15) is 0 Å². The maximum Gasteiger partial charge on any atom is 0.120 e. The van der Waals surface area contributed by atoms with Crippen molar-refractivity contribution in [3.8, 4) is 5.75 Å². The minimum Gasteiger partial charge on any atom is -0.491 e. The van der Waals surface area contributed by atoms with Gasteiger partial charge in [0.1, 0.15) is 12.4 Å². The Morgan fingerprint density at radius 3 is 3.00 bits per heavy atom. The van der Waals surface area contributed by atoms with Crippen LogP contribution < -0.4 is 4.74 Å². The normalized spacial score (nSPS) is 17.4. The molecule has 0 spiro atoms. The number of hydrogen-bond acceptors (Lipinski definition) is 2. The van der Waals surface area contributed by atoms with Crippen LogP contribution >= 0.6 is 0 Å². The van der Waals surface area contributed by atoms with Crippen molar-refractivity contribution in [1.82, 2.24) is 0 Å². The van der Waals surface area contributed by atoms with Gasteiger partial charge in [-0.2, -0.15) is 0 Å². The van der Waals surface area contributed by atoms with E-state index in [0.29, 0.717) is 6.61 Å². The van der Waals surface area contributed by atoms with Crippen LogP contribution in [-0.4, -0.2) is 18.3 Å². The van der Waals surface area contributed by atoms with Crippen molar-refractivity contribution in [3.05, 3.63) is 59.2 Å². The van der Waals surface area contributed by atoms with E-state index in [0.717, 1.165) is 25.0 Å². The van der Waals surface area contributed by atoms with Crippen molar-refractivity contribution in [1.29, 1.82) is 0 Å². The highest BCUT2D eigenvalue weighted by atomic mass is 16.5. The maximum absolute atomic E-state index is 8.81. The van der Waals surface area contributed by atoms with Gasteiger partial charge in [0.2, 0.25) is 0 Å². The zero-order valence-electron chi connectivity index (χ0n) is 10.9. The third-order valence-corrected chi connectivity index (χ3v) is 3.69. The molecular weight excluding hydrogens is 236 g/mol. The molecule has 0 aromatic heterocycles. The van der Waals surface area contributed by atoms with Crippen molar-refractivity contribution < 1.29 is 9.84 Å². The lowest BCUT2D eigenvalue weighted by Crippen LogP contribution is -2.01. The summed E-state index contributed by atoms with van der Waals surface area (Å²) in [5.41, 5.74) is 5.68. The molecule has 1 N–H and O–H groups in total. The number of hydrogen-bond donors (Lipinski definition) is 1. The molecule has 0 atom stereocenters. The Morgan fingerprint density at radius 2 is 2.11 bits per heavy atom. The van der Waals surface area contributed by atoms with Crippen molar-refractivity contribution in [2.24, 2.45) is 0 Å². The monoisotopic (exact) mass is 254 g/mol. The van der Waals surface area contributed by atoms with Crippen LogP contribution in [0.15, 0.2) is 53.6 Å². The van der Waals surface area contributed by atoms with E-state index in [1.54, 1.807) is 0 Å². The van der Waals surface area contributed by atoms with Crippen LogP contribution in [0.2, 0.25) is 0 Å². The zero-order valence-corrected chi connectivity index (χ0v) is 10.9. The predicted octanol–water partition coefficient (Wildman–Crippen LogP) is 3.49. The van der Waals surface area contributed by atoms with E-state index < -0.39 is 0 Å². The van der Waals surface area contributed by atoms with Crippen LogP contribution in [0.1, 0.15) is 24.8 Å². The summed E-state index contributed by atoms with van der Waals surface area (Å²) in [6.07, 6.45) is 9.92. The van der Waals surface area contributed by atoms with Crippen LogP contribution in [-0.2, 0) is 0 Å². The second-order valence-corrected chi connectivity index (χ2v) is 4.88. The molecule has 0 fully saturated rings. The maximum atomic E-state index is 8.81. The van der Waals surface area contributed by atoms with Crippen molar-refractivity contribution in [2.45, 2.75) is 19.3 Å². The smallest absolute Gasteiger partial charge is 0.120 e. The Kier molecular flexibility index (Phi) is 3.51. The van der Waals surface area contributed by atoms with E-state index in [1.165, 1.54) is 22.3 Å². The molecule has 1 aromatic carbocycles. The summed E-state index contributed by atoms with van der Waals surface area (Å²) >= 11 is 0. The van der Waals surface area contributed by atoms with Crippen molar-refractivity contribution >= 4 is 5.57 Å². The first kappa shape index (κ1) is 12.2. The molecule has 2 aliphatic carbocycles. The average molecular weight is 254 g/mol. The van der Waals surface area contributed by atoms with E-state index in [4.69, 9.17) is 9.84 Å². The SMILES string of the molecule is OCCOc1cccc(C2=C3CC=CC=C3CC2)c1. The van der Waals surface area contributed by atoms with Gasteiger partial charge in [0.05, 0.1) is 6.61 Å². The van der Waals surface area contributed by atoms with Crippen LogP contribution in [0.25, 0.3) is 5.57 Å². The number of benzene rings is 1. The Hall–Kier alpha value is -1.80. The molecule has 0 saturated heterocycles. The van der Waals surface area contributed by atoms with Gasteiger partial charge < -0.3 is 9.84 Å². The Morgan fingerprint density at radius 1 is 1.16 bits per heavy atom. The third kappa shape index (κ3) is 2.49. The standard InChI is InChI=1S/C17H18O2/c18-10-11-19-15-6-3-5-14(12-15)17-9-8-13-4-1-2-7-16(13)17/h1-6,12,18H,7-11H2. The largest absolute Gasteiger partial charge is 0.491 e. The minimum absolute atomic E-state index is 0.0514. The highest BCUT2D eigenvalue weighted by Gasteiger charge is 2.21. The lowest BCUT2D eigenvalue weighted by Gasteiger charge is -2.11. The molecule has 2 nitrogen and oxygen atoms in total. The van der Waals surface area contributed by atoms with Gasteiger partial charge in [-0.05, 0) is 53.7 Å². The van der Waals surface area contributed by atoms with Gasteiger partial charge in [-0.1, -0.05) is 30.4 Å². The molecule has 0 saturated carbocycles. The lowest BCUT2D eigenvalue weighted by atomic mass is 9.96. The number of aliphatic hydroxyl groups excluding tert-OH is 1. The van der Waals surface area contributed by atoms with Crippen LogP contribution in [0.5, 0.6) is 5.75 Å². The summed E-state index contributed by atoms with van der Waals surface area (Å²) in [7, 11) is 0. The highest BCUT2D eigenvalue weighted by Crippen LogP contribution is 2.41. The molecule has 0 aliphatic heterocycles. The molecule has 19 heavy (non-hydrogen) atoms. The van der Waals surface area contributed by atoms with Crippen molar-refractivity contribution in [3.63, 3.8) is 0 Å². The summed E-state index contributed by atoms with van der Waals surface area (Å²) in [5, 5.41) is 8.81. The molecule has 98 valence electrons. The fourth-order valence-corrected chi connectivity index (χ4v) is 2.82. The first-order chi connectivity index (χ1) is 9.38. The quantitative estimate of drug-likeness (QED) is 0.891. The Bertz CT molecular complexity index is 564.